The molecule has 3 rings (SSSR count). The molecule has 0 saturated carbocycles. The number of aryl methyl sites for hydroxylation is 2. The molecule has 0 saturated heterocycles. The van der Waals surface area contributed by atoms with Crippen LogP contribution in [0.15, 0.2) is 54.9 Å². The topological polar surface area (TPSA) is 53.4 Å². The number of methoxy groups -OCH3 is 1. The van der Waals surface area contributed by atoms with Gasteiger partial charge in [-0.1, -0.05) is 29.8 Å². The molecule has 0 aliphatic heterocycles. The highest BCUT2D eigenvalue weighted by molar-refractivity contribution is 6.32. The van der Waals surface area contributed by atoms with Gasteiger partial charge in [0.05, 0.1) is 23.9 Å². The summed E-state index contributed by atoms with van der Waals surface area (Å²) in [5.41, 5.74) is 3.36. The Balaban J connectivity index is 1.74. The number of nitrogens with zero attached hydrogens (tertiary/aromatic N) is 2. The Bertz CT molecular complexity index is 1040. The van der Waals surface area contributed by atoms with Crippen LogP contribution in [0.1, 0.15) is 34.0 Å². The number of aromatic nitrogens is 2. The Kier molecular flexibility index (Phi) is 6.73. The van der Waals surface area contributed by atoms with Crippen LogP contribution in [0.2, 0.25) is 5.02 Å². The molecule has 0 aliphatic carbocycles. The Morgan fingerprint density at radius 3 is 2.69 bits per heavy atom. The number of benzene rings is 2. The molecule has 0 amide bonds. The molecule has 0 fully saturated rings. The number of carbonyl (C=O) groups excluding carboxylic acids is 1. The number of hydrogen-bond donors (Lipinski definition) is 0. The number of ether oxygens (including phenoxy) is 2. The number of carbonyl (C=O) groups is 1. The van der Waals surface area contributed by atoms with Gasteiger partial charge in [0, 0.05) is 18.3 Å². The molecule has 6 heteroatoms. The number of hydrogen-bond acceptors (Lipinski definition) is 4. The van der Waals surface area contributed by atoms with Gasteiger partial charge in [-0.15, -0.1) is 0 Å². The maximum Gasteiger partial charge on any atom is 0.189 e. The molecule has 29 heavy (non-hydrogen) atoms. The number of allylic oxidation sites excluding steroid dienone is 1. The van der Waals surface area contributed by atoms with E-state index in [9.17, 15) is 4.79 Å². The Morgan fingerprint density at radius 1 is 1.21 bits per heavy atom. The van der Waals surface area contributed by atoms with E-state index in [4.69, 9.17) is 21.1 Å². The summed E-state index contributed by atoms with van der Waals surface area (Å²) in [6.07, 6.45) is 6.63. The summed E-state index contributed by atoms with van der Waals surface area (Å²) >= 11 is 6.24. The van der Waals surface area contributed by atoms with Crippen LogP contribution in [0.25, 0.3) is 6.08 Å². The van der Waals surface area contributed by atoms with Crippen LogP contribution in [0.4, 0.5) is 0 Å². The molecule has 0 spiro atoms. The Morgan fingerprint density at radius 2 is 2.00 bits per heavy atom. The summed E-state index contributed by atoms with van der Waals surface area (Å²) in [6, 6.07) is 11.3. The van der Waals surface area contributed by atoms with Gasteiger partial charge in [0.15, 0.2) is 5.78 Å². The second-order valence-corrected chi connectivity index (χ2v) is 6.98. The van der Waals surface area contributed by atoms with Crippen molar-refractivity contribution >= 4 is 23.5 Å². The lowest BCUT2D eigenvalue weighted by atomic mass is 10.1. The molecule has 1 aromatic heterocycles. The minimum atomic E-state index is -0.0928. The second kappa shape index (κ2) is 9.43. The quantitative estimate of drug-likeness (QED) is 0.371. The van der Waals surface area contributed by atoms with E-state index >= 15 is 0 Å². The molecular formula is C23H23ClN2O3. The predicted octanol–water partition coefficient (Wildman–Crippen LogP) is 5.35. The van der Waals surface area contributed by atoms with E-state index in [-0.39, 0.29) is 5.78 Å². The first kappa shape index (κ1) is 20.7. The third-order valence-electron chi connectivity index (χ3n) is 4.44. The third kappa shape index (κ3) is 5.27. The van der Waals surface area contributed by atoms with E-state index in [0.717, 1.165) is 23.2 Å². The zero-order valence-electron chi connectivity index (χ0n) is 16.7. The van der Waals surface area contributed by atoms with Crippen LogP contribution >= 0.6 is 11.6 Å². The molecule has 0 bridgehead atoms. The van der Waals surface area contributed by atoms with Gasteiger partial charge < -0.3 is 9.47 Å². The summed E-state index contributed by atoms with van der Waals surface area (Å²) in [7, 11) is 1.61. The Labute approximate surface area is 175 Å². The van der Waals surface area contributed by atoms with Crippen molar-refractivity contribution in [2.45, 2.75) is 27.0 Å². The Hall–Kier alpha value is -3.05. The molecule has 0 aliphatic rings. The normalized spacial score (nSPS) is 11.0. The van der Waals surface area contributed by atoms with Gasteiger partial charge in [0.25, 0.3) is 0 Å². The average molecular weight is 411 g/mol. The fourth-order valence-electron chi connectivity index (χ4n) is 2.83. The summed E-state index contributed by atoms with van der Waals surface area (Å²) in [5.74, 6) is 1.23. The first-order valence-electron chi connectivity index (χ1n) is 9.31. The average Bonchev–Trinajstić information content (AvgIpc) is 3.21. The molecule has 0 N–H and O–H groups in total. The van der Waals surface area contributed by atoms with Crippen LogP contribution < -0.4 is 9.47 Å². The van der Waals surface area contributed by atoms with Crippen LogP contribution in [-0.4, -0.2) is 22.7 Å². The van der Waals surface area contributed by atoms with Crippen LogP contribution in [-0.2, 0) is 13.2 Å². The van der Waals surface area contributed by atoms with Crippen molar-refractivity contribution in [3.05, 3.63) is 82.1 Å². The van der Waals surface area contributed by atoms with Crippen LogP contribution in [0, 0.1) is 6.92 Å². The van der Waals surface area contributed by atoms with E-state index in [1.165, 1.54) is 0 Å². The highest BCUT2D eigenvalue weighted by Crippen LogP contribution is 2.28. The largest absolute Gasteiger partial charge is 0.496 e. The monoisotopic (exact) mass is 410 g/mol. The summed E-state index contributed by atoms with van der Waals surface area (Å²) in [4.78, 5) is 12.3. The van der Waals surface area contributed by atoms with Crippen molar-refractivity contribution < 1.29 is 14.3 Å². The van der Waals surface area contributed by atoms with Crippen molar-refractivity contribution in [2.75, 3.05) is 7.11 Å². The maximum absolute atomic E-state index is 12.3. The zero-order chi connectivity index (χ0) is 20.8. The molecule has 0 radical (unpaired) electrons. The van der Waals surface area contributed by atoms with E-state index in [1.807, 2.05) is 50.2 Å². The fourth-order valence-corrected chi connectivity index (χ4v) is 3.11. The van der Waals surface area contributed by atoms with Crippen LogP contribution in [0.3, 0.4) is 0 Å². The van der Waals surface area contributed by atoms with Crippen molar-refractivity contribution in [3.8, 4) is 11.5 Å². The molecule has 1 heterocycles. The standard InChI is InChI=1S/C23H23ClN2O3/c1-4-26-14-19(13-25-26)21(27)8-6-17-7-10-22(28-3)18(12-17)15-29-23-9-5-16(2)11-20(23)24/h5-14H,4,15H2,1-3H3/b8-6+. The zero-order valence-corrected chi connectivity index (χ0v) is 17.4. The minimum absolute atomic E-state index is 0.0928. The summed E-state index contributed by atoms with van der Waals surface area (Å²) in [5, 5.41) is 4.70. The fraction of sp³-hybridized carbons (Fsp3) is 0.217. The van der Waals surface area contributed by atoms with Gasteiger partial charge >= 0.3 is 0 Å². The molecular weight excluding hydrogens is 388 g/mol. The lowest BCUT2D eigenvalue weighted by Crippen LogP contribution is -2.00. The second-order valence-electron chi connectivity index (χ2n) is 6.58. The maximum atomic E-state index is 12.3. The number of halogens is 1. The van der Waals surface area contributed by atoms with Crippen molar-refractivity contribution in [2.24, 2.45) is 0 Å². The molecule has 0 atom stereocenters. The first-order valence-corrected chi connectivity index (χ1v) is 9.68. The number of rotatable bonds is 8. The lowest BCUT2D eigenvalue weighted by molar-refractivity contribution is 0.104. The molecule has 2 aromatic carbocycles. The molecule has 5 nitrogen and oxygen atoms in total. The van der Waals surface area contributed by atoms with Gasteiger partial charge in [0.2, 0.25) is 0 Å². The molecule has 3 aromatic rings. The minimum Gasteiger partial charge on any atom is -0.496 e. The third-order valence-corrected chi connectivity index (χ3v) is 4.74. The van der Waals surface area contributed by atoms with Crippen LogP contribution in [0.5, 0.6) is 11.5 Å². The van der Waals surface area contributed by atoms with Crippen molar-refractivity contribution in [1.82, 2.24) is 9.78 Å². The van der Waals surface area contributed by atoms with Gasteiger partial charge in [0.1, 0.15) is 18.1 Å². The molecule has 150 valence electrons. The lowest BCUT2D eigenvalue weighted by Gasteiger charge is -2.12. The van der Waals surface area contributed by atoms with Gasteiger partial charge in [-0.2, -0.15) is 5.10 Å². The number of ketones is 1. The van der Waals surface area contributed by atoms with Gasteiger partial charge in [-0.25, -0.2) is 0 Å². The van der Waals surface area contributed by atoms with Crippen molar-refractivity contribution in [1.29, 1.82) is 0 Å². The summed E-state index contributed by atoms with van der Waals surface area (Å²) in [6.45, 7) is 4.97. The first-order chi connectivity index (χ1) is 14.0. The predicted molar refractivity (Wildman–Crippen MR) is 115 cm³/mol. The van der Waals surface area contributed by atoms with Gasteiger partial charge in [-0.05, 0) is 55.3 Å². The highest BCUT2D eigenvalue weighted by Gasteiger charge is 2.08. The van der Waals surface area contributed by atoms with E-state index in [0.29, 0.717) is 28.7 Å². The molecule has 0 unspecified atom stereocenters. The smallest absolute Gasteiger partial charge is 0.189 e. The van der Waals surface area contributed by atoms with Gasteiger partial charge in [-0.3, -0.25) is 9.48 Å². The highest BCUT2D eigenvalue weighted by atomic mass is 35.5. The SMILES string of the molecule is CCn1cc(C(=O)/C=C/c2ccc(OC)c(COc3ccc(C)cc3Cl)c2)cn1. The van der Waals surface area contributed by atoms with E-state index in [1.54, 1.807) is 36.3 Å². The van der Waals surface area contributed by atoms with E-state index < -0.39 is 0 Å². The van der Waals surface area contributed by atoms with E-state index in [2.05, 4.69) is 5.10 Å². The summed E-state index contributed by atoms with van der Waals surface area (Å²) < 4.78 is 13.0. The van der Waals surface area contributed by atoms with Crippen molar-refractivity contribution in [3.63, 3.8) is 0 Å².